The zero-order valence-electron chi connectivity index (χ0n) is 11.7. The molecule has 2 aromatic rings. The second kappa shape index (κ2) is 6.41. The Balaban J connectivity index is 2.19. The minimum Gasteiger partial charge on any atom is -0.375 e. The summed E-state index contributed by atoms with van der Waals surface area (Å²) in [4.78, 5) is 11.0. The molecule has 0 spiro atoms. The molecule has 0 amide bonds. The molecule has 0 aliphatic heterocycles. The van der Waals surface area contributed by atoms with Crippen molar-refractivity contribution in [1.82, 2.24) is 9.97 Å². The Labute approximate surface area is 120 Å². The van der Waals surface area contributed by atoms with Crippen molar-refractivity contribution in [3.63, 3.8) is 0 Å². The molecule has 0 aromatic carbocycles. The van der Waals surface area contributed by atoms with Gasteiger partial charge in [-0.25, -0.2) is 18.7 Å². The summed E-state index contributed by atoms with van der Waals surface area (Å²) in [6, 6.07) is 0. The molecule has 4 nitrogen and oxygen atoms in total. The van der Waals surface area contributed by atoms with Gasteiger partial charge in [0.15, 0.2) is 0 Å². The van der Waals surface area contributed by atoms with Gasteiger partial charge in [-0.1, -0.05) is 0 Å². The van der Waals surface area contributed by atoms with Crippen LogP contribution in [0, 0.1) is 13.8 Å². The average molecular weight is 301 g/mol. The van der Waals surface area contributed by atoms with E-state index in [2.05, 4.69) is 15.3 Å². The highest BCUT2D eigenvalue weighted by molar-refractivity contribution is 7.18. The molecule has 0 radical (unpaired) electrons. The van der Waals surface area contributed by atoms with Crippen LogP contribution in [0.5, 0.6) is 0 Å². The van der Waals surface area contributed by atoms with Gasteiger partial charge in [0.25, 0.3) is 6.43 Å². The molecule has 0 atom stereocenters. The summed E-state index contributed by atoms with van der Waals surface area (Å²) in [5.41, 5.74) is 1.18. The van der Waals surface area contributed by atoms with Gasteiger partial charge in [0.05, 0.1) is 12.0 Å². The predicted octanol–water partition coefficient (Wildman–Crippen LogP) is 3.17. The van der Waals surface area contributed by atoms with E-state index in [-0.39, 0.29) is 6.61 Å². The number of nitrogens with zero attached hydrogens (tertiary/aromatic N) is 2. The minimum atomic E-state index is -2.44. The number of nitrogens with one attached hydrogen (secondary N) is 1. The molecule has 0 fully saturated rings. The van der Waals surface area contributed by atoms with Crippen LogP contribution in [0.1, 0.15) is 16.3 Å². The van der Waals surface area contributed by atoms with E-state index in [4.69, 9.17) is 4.74 Å². The van der Waals surface area contributed by atoms with Gasteiger partial charge in [0.2, 0.25) is 0 Å². The quantitative estimate of drug-likeness (QED) is 0.833. The Kier molecular flexibility index (Phi) is 4.82. The molecule has 110 valence electrons. The molecule has 7 heteroatoms. The number of anilines is 1. The van der Waals surface area contributed by atoms with Gasteiger partial charge in [-0.2, -0.15) is 0 Å². The molecule has 0 unspecified atom stereocenters. The molecule has 0 aliphatic carbocycles. The fourth-order valence-corrected chi connectivity index (χ4v) is 2.97. The smallest absolute Gasteiger partial charge is 0.261 e. The molecule has 2 rings (SSSR count). The summed E-state index contributed by atoms with van der Waals surface area (Å²) in [6.07, 6.45) is -2.01. The van der Waals surface area contributed by atoms with Crippen molar-refractivity contribution >= 4 is 27.4 Å². The van der Waals surface area contributed by atoms with Crippen molar-refractivity contribution < 1.29 is 13.5 Å². The number of thiophene rings is 1. The Morgan fingerprint density at radius 2 is 2.05 bits per heavy atom. The van der Waals surface area contributed by atoms with E-state index < -0.39 is 13.0 Å². The summed E-state index contributed by atoms with van der Waals surface area (Å²) >= 11 is 1.61. The van der Waals surface area contributed by atoms with Gasteiger partial charge in [-0.05, 0) is 19.4 Å². The second-order valence-corrected chi connectivity index (χ2v) is 5.62. The molecule has 2 aromatic heterocycles. The molecular weight excluding hydrogens is 284 g/mol. The summed E-state index contributed by atoms with van der Waals surface area (Å²) in [5, 5.41) is 4.10. The molecule has 0 saturated carbocycles. The van der Waals surface area contributed by atoms with Gasteiger partial charge in [0, 0.05) is 18.3 Å². The van der Waals surface area contributed by atoms with Gasteiger partial charge >= 0.3 is 0 Å². The van der Waals surface area contributed by atoms with Gasteiger partial charge in [-0.15, -0.1) is 11.3 Å². The van der Waals surface area contributed by atoms with E-state index in [0.717, 1.165) is 16.0 Å². The number of rotatable bonds is 6. The first-order valence-electron chi connectivity index (χ1n) is 6.33. The second-order valence-electron chi connectivity index (χ2n) is 4.42. The Morgan fingerprint density at radius 1 is 1.30 bits per heavy atom. The lowest BCUT2D eigenvalue weighted by molar-refractivity contribution is 0.0183. The minimum absolute atomic E-state index is 0.197. The zero-order valence-corrected chi connectivity index (χ0v) is 12.5. The van der Waals surface area contributed by atoms with E-state index in [1.807, 2.05) is 20.9 Å². The van der Waals surface area contributed by atoms with Crippen LogP contribution in [0.3, 0.4) is 0 Å². The Morgan fingerprint density at radius 3 is 2.70 bits per heavy atom. The van der Waals surface area contributed by atoms with E-state index >= 15 is 0 Å². The SMILES string of the molecule is CNc1nc(CCOCC(F)F)nc2sc(C)c(C)c12. The van der Waals surface area contributed by atoms with Crippen molar-refractivity contribution in [2.45, 2.75) is 26.7 Å². The molecule has 1 N–H and O–H groups in total. The molecular formula is C13H17F2N3OS. The Hall–Kier alpha value is -1.34. The molecule has 2 heterocycles. The van der Waals surface area contributed by atoms with Crippen molar-refractivity contribution in [3.8, 4) is 0 Å². The average Bonchev–Trinajstić information content (AvgIpc) is 2.69. The predicted molar refractivity (Wildman–Crippen MR) is 77.0 cm³/mol. The third kappa shape index (κ3) is 3.21. The maximum absolute atomic E-state index is 12.0. The highest BCUT2D eigenvalue weighted by atomic mass is 32.1. The van der Waals surface area contributed by atoms with Crippen LogP contribution in [-0.4, -0.2) is 36.7 Å². The van der Waals surface area contributed by atoms with E-state index in [9.17, 15) is 8.78 Å². The van der Waals surface area contributed by atoms with Gasteiger partial charge in [-0.3, -0.25) is 0 Å². The van der Waals surface area contributed by atoms with Gasteiger partial charge in [0.1, 0.15) is 23.1 Å². The normalized spacial score (nSPS) is 11.5. The maximum Gasteiger partial charge on any atom is 0.261 e. The first kappa shape index (κ1) is 15.1. The largest absolute Gasteiger partial charge is 0.375 e. The summed E-state index contributed by atoms with van der Waals surface area (Å²) < 4.78 is 28.8. The monoisotopic (exact) mass is 301 g/mol. The van der Waals surface area contributed by atoms with Crippen LogP contribution < -0.4 is 5.32 Å². The number of aryl methyl sites for hydroxylation is 2. The highest BCUT2D eigenvalue weighted by Crippen LogP contribution is 2.32. The van der Waals surface area contributed by atoms with Crippen LogP contribution in [0.25, 0.3) is 10.2 Å². The number of hydrogen-bond acceptors (Lipinski definition) is 5. The number of hydrogen-bond donors (Lipinski definition) is 1. The van der Waals surface area contributed by atoms with E-state index in [1.54, 1.807) is 11.3 Å². The molecule has 0 saturated heterocycles. The van der Waals surface area contributed by atoms with Crippen LogP contribution in [-0.2, 0) is 11.2 Å². The topological polar surface area (TPSA) is 47.0 Å². The fraction of sp³-hybridized carbons (Fsp3) is 0.538. The lowest BCUT2D eigenvalue weighted by Crippen LogP contribution is -2.09. The van der Waals surface area contributed by atoms with Crippen molar-refractivity contribution in [2.24, 2.45) is 0 Å². The van der Waals surface area contributed by atoms with Crippen LogP contribution in [0.4, 0.5) is 14.6 Å². The van der Waals surface area contributed by atoms with Crippen LogP contribution >= 0.6 is 11.3 Å². The van der Waals surface area contributed by atoms with E-state index in [1.165, 1.54) is 10.4 Å². The van der Waals surface area contributed by atoms with E-state index in [0.29, 0.717) is 12.2 Å². The lowest BCUT2D eigenvalue weighted by atomic mass is 10.2. The fourth-order valence-electron chi connectivity index (χ4n) is 1.92. The summed E-state index contributed by atoms with van der Waals surface area (Å²) in [5.74, 6) is 1.39. The van der Waals surface area contributed by atoms with Crippen LogP contribution in [0.2, 0.25) is 0 Å². The maximum atomic E-state index is 12.0. The van der Waals surface area contributed by atoms with Crippen LogP contribution in [0.15, 0.2) is 0 Å². The Bertz CT molecular complexity index is 601. The lowest BCUT2D eigenvalue weighted by Gasteiger charge is -2.07. The number of halogens is 2. The molecule has 0 aliphatic rings. The first-order chi connectivity index (χ1) is 9.52. The van der Waals surface area contributed by atoms with Gasteiger partial charge < -0.3 is 10.1 Å². The number of alkyl halides is 2. The number of ether oxygens (including phenoxy) is 1. The highest BCUT2D eigenvalue weighted by Gasteiger charge is 2.13. The zero-order chi connectivity index (χ0) is 14.7. The van der Waals surface area contributed by atoms with Crippen molar-refractivity contribution in [3.05, 3.63) is 16.3 Å². The molecule has 20 heavy (non-hydrogen) atoms. The number of fused-ring (bicyclic) bond motifs is 1. The third-order valence-corrected chi connectivity index (χ3v) is 4.13. The van der Waals surface area contributed by atoms with Crippen molar-refractivity contribution in [2.75, 3.05) is 25.6 Å². The summed E-state index contributed by atoms with van der Waals surface area (Å²) in [6.45, 7) is 3.75. The summed E-state index contributed by atoms with van der Waals surface area (Å²) in [7, 11) is 1.81. The molecule has 0 bridgehead atoms. The standard InChI is InChI=1S/C13H17F2N3OS/c1-7-8(2)20-13-11(7)12(16-3)17-10(18-13)4-5-19-6-9(14)15/h9H,4-6H2,1-3H3,(H,16,17,18). The first-order valence-corrected chi connectivity index (χ1v) is 7.14. The third-order valence-electron chi connectivity index (χ3n) is 3.03. The number of aromatic nitrogens is 2. The van der Waals surface area contributed by atoms with Crippen molar-refractivity contribution in [1.29, 1.82) is 0 Å².